The van der Waals surface area contributed by atoms with Gasteiger partial charge < -0.3 is 25.0 Å². The second-order valence-electron chi connectivity index (χ2n) is 7.65. The molecule has 0 bridgehead atoms. The number of hydrogen-bond acceptors (Lipinski definition) is 5. The monoisotopic (exact) mass is 414 g/mol. The molecule has 30 heavy (non-hydrogen) atoms. The summed E-state index contributed by atoms with van der Waals surface area (Å²) < 4.78 is 12.9. The predicted molar refractivity (Wildman–Crippen MR) is 121 cm³/mol. The van der Waals surface area contributed by atoms with Crippen molar-refractivity contribution < 1.29 is 9.47 Å². The quantitative estimate of drug-likeness (QED) is 0.392. The summed E-state index contributed by atoms with van der Waals surface area (Å²) in [6, 6.07) is 8.45. The highest BCUT2D eigenvalue weighted by Crippen LogP contribution is 2.30. The molecule has 1 fully saturated rings. The predicted octanol–water partition coefficient (Wildman–Crippen LogP) is 2.35. The third kappa shape index (κ3) is 5.58. The zero-order chi connectivity index (χ0) is 21.5. The Balaban J connectivity index is 1.47. The molecule has 0 saturated carbocycles. The molecule has 164 valence electrons. The molecule has 3 rings (SSSR count). The number of ether oxygens (including phenoxy) is 2. The van der Waals surface area contributed by atoms with Gasteiger partial charge in [0, 0.05) is 68.8 Å². The van der Waals surface area contributed by atoms with Crippen LogP contribution >= 0.6 is 0 Å². The van der Waals surface area contributed by atoms with E-state index < -0.39 is 0 Å². The normalized spacial score (nSPS) is 16.6. The summed E-state index contributed by atoms with van der Waals surface area (Å²) >= 11 is 0. The average molecular weight is 415 g/mol. The Bertz CT molecular complexity index is 841. The summed E-state index contributed by atoms with van der Waals surface area (Å²) in [6.45, 7) is 7.75. The second kappa shape index (κ2) is 10.2. The standard InChI is InChI=1S/C22H34N6O2/c1-16-11-17(2)28(26-16)9-6-8-24-22(23-3)25-18-7-10-27(15-18)19-12-20(29-4)14-21(13-19)30-5/h11-14,18H,6-10,15H2,1-5H3,(H2,23,24,25). The van der Waals surface area contributed by atoms with Gasteiger partial charge in [0.15, 0.2) is 5.96 Å². The van der Waals surface area contributed by atoms with E-state index >= 15 is 0 Å². The minimum atomic E-state index is 0.337. The molecule has 2 N–H and O–H groups in total. The number of benzene rings is 1. The maximum absolute atomic E-state index is 5.40. The number of anilines is 1. The van der Waals surface area contributed by atoms with Crippen molar-refractivity contribution in [3.63, 3.8) is 0 Å². The lowest BCUT2D eigenvalue weighted by Gasteiger charge is -2.21. The van der Waals surface area contributed by atoms with Crippen LogP contribution < -0.4 is 25.0 Å². The lowest BCUT2D eigenvalue weighted by atomic mass is 10.2. The molecule has 0 aliphatic carbocycles. The van der Waals surface area contributed by atoms with Gasteiger partial charge in [-0.1, -0.05) is 0 Å². The van der Waals surface area contributed by atoms with Crippen LogP contribution in [0.4, 0.5) is 5.69 Å². The van der Waals surface area contributed by atoms with Gasteiger partial charge in [-0.15, -0.1) is 0 Å². The highest BCUT2D eigenvalue weighted by molar-refractivity contribution is 5.80. The molecule has 1 unspecified atom stereocenters. The summed E-state index contributed by atoms with van der Waals surface area (Å²) in [7, 11) is 5.17. The average Bonchev–Trinajstić information content (AvgIpc) is 3.35. The van der Waals surface area contributed by atoms with Crippen molar-refractivity contribution in [3.8, 4) is 11.5 Å². The van der Waals surface area contributed by atoms with Gasteiger partial charge >= 0.3 is 0 Å². The van der Waals surface area contributed by atoms with Crippen LogP contribution in [0.1, 0.15) is 24.2 Å². The summed E-state index contributed by atoms with van der Waals surface area (Å²) in [5.41, 5.74) is 3.39. The number of guanidine groups is 1. The Hall–Kier alpha value is -2.90. The van der Waals surface area contributed by atoms with Crippen molar-refractivity contribution in [3.05, 3.63) is 35.7 Å². The molecule has 1 aromatic heterocycles. The number of aliphatic imine (C=N–C) groups is 1. The largest absolute Gasteiger partial charge is 0.497 e. The van der Waals surface area contributed by atoms with Crippen LogP contribution in [0.15, 0.2) is 29.3 Å². The molecule has 1 aliphatic rings. The minimum Gasteiger partial charge on any atom is -0.497 e. The maximum atomic E-state index is 5.40. The molecule has 2 aromatic rings. The first kappa shape index (κ1) is 21.8. The van der Waals surface area contributed by atoms with Crippen LogP contribution in [0, 0.1) is 13.8 Å². The van der Waals surface area contributed by atoms with Crippen LogP contribution in [-0.4, -0.2) is 62.7 Å². The second-order valence-corrected chi connectivity index (χ2v) is 7.65. The summed E-state index contributed by atoms with van der Waals surface area (Å²) in [5.74, 6) is 2.46. The molecule has 1 atom stereocenters. The fourth-order valence-electron chi connectivity index (χ4n) is 3.81. The smallest absolute Gasteiger partial charge is 0.191 e. The van der Waals surface area contributed by atoms with Crippen molar-refractivity contribution in [2.24, 2.45) is 4.99 Å². The molecule has 1 aromatic carbocycles. The third-order valence-corrected chi connectivity index (χ3v) is 5.40. The van der Waals surface area contributed by atoms with Crippen LogP contribution in [-0.2, 0) is 6.54 Å². The van der Waals surface area contributed by atoms with Crippen molar-refractivity contribution in [2.45, 2.75) is 39.3 Å². The number of aryl methyl sites for hydroxylation is 3. The Morgan fingerprint density at radius 3 is 2.50 bits per heavy atom. The molecule has 1 saturated heterocycles. The Morgan fingerprint density at radius 2 is 1.90 bits per heavy atom. The first-order chi connectivity index (χ1) is 14.5. The maximum Gasteiger partial charge on any atom is 0.191 e. The van der Waals surface area contributed by atoms with Crippen molar-refractivity contribution in [2.75, 3.05) is 45.8 Å². The third-order valence-electron chi connectivity index (χ3n) is 5.40. The van der Waals surface area contributed by atoms with E-state index in [1.54, 1.807) is 14.2 Å². The first-order valence-electron chi connectivity index (χ1n) is 10.5. The lowest BCUT2D eigenvalue weighted by molar-refractivity contribution is 0.394. The molecular formula is C22H34N6O2. The van der Waals surface area contributed by atoms with Gasteiger partial charge in [-0.25, -0.2) is 0 Å². The Morgan fingerprint density at radius 1 is 1.17 bits per heavy atom. The fraction of sp³-hybridized carbons (Fsp3) is 0.545. The van der Waals surface area contributed by atoms with E-state index in [1.807, 2.05) is 20.0 Å². The van der Waals surface area contributed by atoms with Gasteiger partial charge in [0.05, 0.1) is 19.9 Å². The Kier molecular flexibility index (Phi) is 7.43. The number of nitrogens with one attached hydrogen (secondary N) is 2. The molecule has 8 nitrogen and oxygen atoms in total. The van der Waals surface area contributed by atoms with Gasteiger partial charge in [0.2, 0.25) is 0 Å². The van der Waals surface area contributed by atoms with Crippen LogP contribution in [0.25, 0.3) is 0 Å². The van der Waals surface area contributed by atoms with E-state index in [9.17, 15) is 0 Å². The molecule has 8 heteroatoms. The van der Waals surface area contributed by atoms with Crippen LogP contribution in [0.5, 0.6) is 11.5 Å². The van der Waals surface area contributed by atoms with Crippen molar-refractivity contribution >= 4 is 11.6 Å². The van der Waals surface area contributed by atoms with Crippen molar-refractivity contribution in [1.29, 1.82) is 0 Å². The first-order valence-corrected chi connectivity index (χ1v) is 10.5. The summed E-state index contributed by atoms with van der Waals surface area (Å²) in [4.78, 5) is 6.73. The highest BCUT2D eigenvalue weighted by atomic mass is 16.5. The van der Waals surface area contributed by atoms with E-state index in [1.165, 1.54) is 5.69 Å². The SMILES string of the molecule is CN=C(NCCCn1nc(C)cc1C)NC1CCN(c2cc(OC)cc(OC)c2)C1. The minimum absolute atomic E-state index is 0.337. The van der Waals surface area contributed by atoms with Gasteiger partial charge in [0.1, 0.15) is 11.5 Å². The van der Waals surface area contributed by atoms with E-state index in [4.69, 9.17) is 9.47 Å². The zero-order valence-electron chi connectivity index (χ0n) is 18.7. The zero-order valence-corrected chi connectivity index (χ0v) is 18.7. The van der Waals surface area contributed by atoms with E-state index in [-0.39, 0.29) is 0 Å². The summed E-state index contributed by atoms with van der Waals surface area (Å²) in [6.07, 6.45) is 2.04. The molecular weight excluding hydrogens is 380 g/mol. The summed E-state index contributed by atoms with van der Waals surface area (Å²) in [5, 5.41) is 11.5. The Labute approximate surface area is 179 Å². The molecule has 0 radical (unpaired) electrons. The lowest BCUT2D eigenvalue weighted by Crippen LogP contribution is -2.45. The molecule has 0 spiro atoms. The van der Waals surface area contributed by atoms with Gasteiger partial charge in [-0.05, 0) is 32.8 Å². The highest BCUT2D eigenvalue weighted by Gasteiger charge is 2.24. The van der Waals surface area contributed by atoms with Gasteiger partial charge in [-0.2, -0.15) is 5.10 Å². The number of rotatable bonds is 8. The van der Waals surface area contributed by atoms with Crippen LogP contribution in [0.3, 0.4) is 0 Å². The molecule has 1 aliphatic heterocycles. The number of nitrogens with zero attached hydrogens (tertiary/aromatic N) is 4. The molecule has 2 heterocycles. The number of hydrogen-bond donors (Lipinski definition) is 2. The van der Waals surface area contributed by atoms with Crippen LogP contribution in [0.2, 0.25) is 0 Å². The fourth-order valence-corrected chi connectivity index (χ4v) is 3.81. The van der Waals surface area contributed by atoms with E-state index in [0.717, 1.165) is 67.9 Å². The van der Waals surface area contributed by atoms with E-state index in [0.29, 0.717) is 6.04 Å². The number of methoxy groups -OCH3 is 2. The van der Waals surface area contributed by atoms with Gasteiger partial charge in [0.25, 0.3) is 0 Å². The number of aromatic nitrogens is 2. The molecule has 0 amide bonds. The van der Waals surface area contributed by atoms with Gasteiger partial charge in [-0.3, -0.25) is 9.67 Å². The van der Waals surface area contributed by atoms with Crippen molar-refractivity contribution in [1.82, 2.24) is 20.4 Å². The van der Waals surface area contributed by atoms with E-state index in [2.05, 4.69) is 55.4 Å². The topological polar surface area (TPSA) is 75.9 Å².